The third-order valence-corrected chi connectivity index (χ3v) is 2.63. The molecule has 0 aliphatic carbocycles. The summed E-state index contributed by atoms with van der Waals surface area (Å²) in [5.74, 6) is 0. The van der Waals surface area contributed by atoms with Gasteiger partial charge in [0.25, 0.3) is 0 Å². The fourth-order valence-corrected chi connectivity index (χ4v) is 1.42. The van der Waals surface area contributed by atoms with Crippen LogP contribution in [0.3, 0.4) is 0 Å². The lowest BCUT2D eigenvalue weighted by molar-refractivity contribution is 0.288. The number of rotatable bonds is 1. The standard InChI is InChI=1S/C9H17N/c1-8(2)9(3)5-4-6-10-7-9/h10H,1,4-7H2,2-3H3. The third-order valence-electron chi connectivity index (χ3n) is 2.63. The van der Waals surface area contributed by atoms with Crippen LogP contribution >= 0.6 is 0 Å². The molecule has 0 aromatic rings. The summed E-state index contributed by atoms with van der Waals surface area (Å²) in [6.07, 6.45) is 2.60. The van der Waals surface area contributed by atoms with E-state index in [0.717, 1.165) is 6.54 Å². The molecule has 0 radical (unpaired) electrons. The van der Waals surface area contributed by atoms with Crippen LogP contribution in [0, 0.1) is 5.41 Å². The number of hydrogen-bond donors (Lipinski definition) is 1. The number of piperidine rings is 1. The van der Waals surface area contributed by atoms with Crippen LogP contribution in [0.1, 0.15) is 26.7 Å². The van der Waals surface area contributed by atoms with E-state index in [9.17, 15) is 0 Å². The summed E-state index contributed by atoms with van der Waals surface area (Å²) >= 11 is 0. The average Bonchev–Trinajstić information content (AvgIpc) is 1.89. The molecule has 1 saturated heterocycles. The largest absolute Gasteiger partial charge is 0.316 e. The SMILES string of the molecule is C=C(C)C1(C)CCCNC1. The van der Waals surface area contributed by atoms with Gasteiger partial charge in [0.2, 0.25) is 0 Å². The van der Waals surface area contributed by atoms with Gasteiger partial charge < -0.3 is 5.32 Å². The van der Waals surface area contributed by atoms with Crippen molar-refractivity contribution in [3.63, 3.8) is 0 Å². The van der Waals surface area contributed by atoms with E-state index in [-0.39, 0.29) is 0 Å². The smallest absolute Gasteiger partial charge is 0.00423 e. The molecule has 10 heavy (non-hydrogen) atoms. The third kappa shape index (κ3) is 1.40. The summed E-state index contributed by atoms with van der Waals surface area (Å²) in [7, 11) is 0. The van der Waals surface area contributed by atoms with Crippen molar-refractivity contribution < 1.29 is 0 Å². The van der Waals surface area contributed by atoms with Crippen molar-refractivity contribution in [2.45, 2.75) is 26.7 Å². The molecule has 1 unspecified atom stereocenters. The molecule has 1 N–H and O–H groups in total. The topological polar surface area (TPSA) is 12.0 Å². The fraction of sp³-hybridized carbons (Fsp3) is 0.778. The van der Waals surface area contributed by atoms with Crippen LogP contribution in [0.25, 0.3) is 0 Å². The second kappa shape index (κ2) is 2.75. The summed E-state index contributed by atoms with van der Waals surface area (Å²) in [6.45, 7) is 10.7. The molecule has 58 valence electrons. The zero-order valence-corrected chi connectivity index (χ0v) is 7.04. The minimum atomic E-state index is 0.373. The normalized spacial score (nSPS) is 33.8. The Hall–Kier alpha value is -0.300. The predicted octanol–water partition coefficient (Wildman–Crippen LogP) is 1.95. The Morgan fingerprint density at radius 1 is 1.60 bits per heavy atom. The molecule has 1 aliphatic rings. The maximum absolute atomic E-state index is 4.01. The molecule has 1 heterocycles. The molecule has 0 aromatic heterocycles. The highest BCUT2D eigenvalue weighted by atomic mass is 14.9. The molecule has 1 heteroatoms. The van der Waals surface area contributed by atoms with E-state index in [0.29, 0.717) is 5.41 Å². The van der Waals surface area contributed by atoms with Crippen LogP contribution in [-0.4, -0.2) is 13.1 Å². The fourth-order valence-electron chi connectivity index (χ4n) is 1.42. The predicted molar refractivity (Wildman–Crippen MR) is 45.0 cm³/mol. The maximum atomic E-state index is 4.01. The van der Waals surface area contributed by atoms with E-state index in [1.807, 2.05) is 0 Å². The van der Waals surface area contributed by atoms with Crippen molar-refractivity contribution >= 4 is 0 Å². The molecular weight excluding hydrogens is 122 g/mol. The zero-order valence-electron chi connectivity index (χ0n) is 7.04. The minimum Gasteiger partial charge on any atom is -0.316 e. The maximum Gasteiger partial charge on any atom is 0.00423 e. The van der Waals surface area contributed by atoms with Gasteiger partial charge in [-0.05, 0) is 26.3 Å². The summed E-state index contributed by atoms with van der Waals surface area (Å²) in [6, 6.07) is 0. The van der Waals surface area contributed by atoms with E-state index in [1.165, 1.54) is 25.0 Å². The first-order chi connectivity index (χ1) is 4.65. The summed E-state index contributed by atoms with van der Waals surface area (Å²) in [4.78, 5) is 0. The number of nitrogens with one attached hydrogen (secondary N) is 1. The molecular formula is C9H17N. The lowest BCUT2D eigenvalue weighted by Gasteiger charge is -2.34. The van der Waals surface area contributed by atoms with Gasteiger partial charge in [-0.15, -0.1) is 0 Å². The highest BCUT2D eigenvalue weighted by Crippen LogP contribution is 2.31. The van der Waals surface area contributed by atoms with Crippen LogP contribution < -0.4 is 5.32 Å². The lowest BCUT2D eigenvalue weighted by Crippen LogP contribution is -2.38. The molecule has 0 bridgehead atoms. The van der Waals surface area contributed by atoms with Gasteiger partial charge in [0.1, 0.15) is 0 Å². The average molecular weight is 139 g/mol. The molecule has 1 nitrogen and oxygen atoms in total. The van der Waals surface area contributed by atoms with Crippen LogP contribution in [0.4, 0.5) is 0 Å². The van der Waals surface area contributed by atoms with Crippen molar-refractivity contribution in [1.82, 2.24) is 5.32 Å². The Bertz CT molecular complexity index is 132. The van der Waals surface area contributed by atoms with Crippen LogP contribution in [0.15, 0.2) is 12.2 Å². The molecule has 0 amide bonds. The molecule has 0 spiro atoms. The molecule has 1 fully saturated rings. The quantitative estimate of drug-likeness (QED) is 0.547. The van der Waals surface area contributed by atoms with Crippen molar-refractivity contribution in [2.75, 3.05) is 13.1 Å². The second-order valence-corrected chi connectivity index (χ2v) is 3.62. The summed E-state index contributed by atoms with van der Waals surface area (Å²) < 4.78 is 0. The molecule has 0 saturated carbocycles. The van der Waals surface area contributed by atoms with Gasteiger partial charge in [-0.2, -0.15) is 0 Å². The van der Waals surface area contributed by atoms with Crippen LogP contribution in [0.5, 0.6) is 0 Å². The Labute approximate surface area is 63.5 Å². The van der Waals surface area contributed by atoms with Crippen LogP contribution in [-0.2, 0) is 0 Å². The second-order valence-electron chi connectivity index (χ2n) is 3.62. The van der Waals surface area contributed by atoms with Crippen molar-refractivity contribution in [1.29, 1.82) is 0 Å². The van der Waals surface area contributed by atoms with Crippen molar-refractivity contribution in [3.8, 4) is 0 Å². The van der Waals surface area contributed by atoms with Gasteiger partial charge in [0.05, 0.1) is 0 Å². The Balaban J connectivity index is 2.56. The van der Waals surface area contributed by atoms with E-state index < -0.39 is 0 Å². The Morgan fingerprint density at radius 3 is 2.60 bits per heavy atom. The zero-order chi connectivity index (χ0) is 7.61. The van der Waals surface area contributed by atoms with Gasteiger partial charge in [-0.1, -0.05) is 19.1 Å². The molecule has 0 aromatic carbocycles. The molecule has 1 rings (SSSR count). The Kier molecular flexibility index (Phi) is 2.14. The monoisotopic (exact) mass is 139 g/mol. The van der Waals surface area contributed by atoms with Gasteiger partial charge in [-0.3, -0.25) is 0 Å². The van der Waals surface area contributed by atoms with Crippen molar-refractivity contribution in [2.24, 2.45) is 5.41 Å². The van der Waals surface area contributed by atoms with E-state index in [2.05, 4.69) is 25.7 Å². The first kappa shape index (κ1) is 7.80. The molecule has 1 atom stereocenters. The highest BCUT2D eigenvalue weighted by molar-refractivity contribution is 5.07. The summed E-state index contributed by atoms with van der Waals surface area (Å²) in [5.41, 5.74) is 1.69. The van der Waals surface area contributed by atoms with Crippen LogP contribution in [0.2, 0.25) is 0 Å². The first-order valence-electron chi connectivity index (χ1n) is 4.02. The van der Waals surface area contributed by atoms with E-state index >= 15 is 0 Å². The minimum absolute atomic E-state index is 0.373. The van der Waals surface area contributed by atoms with Gasteiger partial charge in [0.15, 0.2) is 0 Å². The van der Waals surface area contributed by atoms with Crippen molar-refractivity contribution in [3.05, 3.63) is 12.2 Å². The van der Waals surface area contributed by atoms with Gasteiger partial charge >= 0.3 is 0 Å². The Morgan fingerprint density at radius 2 is 2.30 bits per heavy atom. The number of hydrogen-bond acceptors (Lipinski definition) is 1. The first-order valence-corrected chi connectivity index (χ1v) is 4.02. The van der Waals surface area contributed by atoms with E-state index in [4.69, 9.17) is 0 Å². The summed E-state index contributed by atoms with van der Waals surface area (Å²) in [5, 5.41) is 3.40. The highest BCUT2D eigenvalue weighted by Gasteiger charge is 2.26. The lowest BCUT2D eigenvalue weighted by atomic mass is 9.77. The van der Waals surface area contributed by atoms with E-state index in [1.54, 1.807) is 0 Å². The molecule has 1 aliphatic heterocycles. The van der Waals surface area contributed by atoms with Gasteiger partial charge in [-0.25, -0.2) is 0 Å². The van der Waals surface area contributed by atoms with Gasteiger partial charge in [0, 0.05) is 12.0 Å².